The molecule has 1 aromatic heterocycles. The largest absolute Gasteiger partial charge is 0.377 e. The Morgan fingerprint density at radius 1 is 1.50 bits per heavy atom. The molecule has 1 fully saturated rings. The Hall–Kier alpha value is -0.470. The van der Waals surface area contributed by atoms with Gasteiger partial charge in [0.1, 0.15) is 4.21 Å². The molecule has 1 aliphatic rings. The third-order valence-corrected chi connectivity index (χ3v) is 6.96. The van der Waals surface area contributed by atoms with Crippen LogP contribution in [0.2, 0.25) is 0 Å². The summed E-state index contributed by atoms with van der Waals surface area (Å²) >= 11 is 1.32. The predicted molar refractivity (Wildman–Crippen MR) is 80.5 cm³/mol. The SMILES string of the molecule is CCN(CC1CCCO1)S(=O)(=O)c1ccc(CCN)s1. The van der Waals surface area contributed by atoms with Crippen molar-refractivity contribution in [3.8, 4) is 0 Å². The van der Waals surface area contributed by atoms with Crippen LogP contribution in [-0.2, 0) is 21.2 Å². The maximum absolute atomic E-state index is 12.6. The number of thiophene rings is 1. The van der Waals surface area contributed by atoms with Gasteiger partial charge in [0.25, 0.3) is 10.0 Å². The van der Waals surface area contributed by atoms with Crippen LogP contribution in [0.25, 0.3) is 0 Å². The Bertz CT molecular complexity index is 521. The van der Waals surface area contributed by atoms with E-state index >= 15 is 0 Å². The molecule has 0 aromatic carbocycles. The molecule has 0 radical (unpaired) electrons. The zero-order chi connectivity index (χ0) is 14.6. The highest BCUT2D eigenvalue weighted by atomic mass is 32.2. The van der Waals surface area contributed by atoms with Gasteiger partial charge in [-0.3, -0.25) is 0 Å². The molecule has 1 unspecified atom stereocenters. The molecule has 0 amide bonds. The van der Waals surface area contributed by atoms with E-state index in [0.717, 1.165) is 30.7 Å². The molecule has 2 rings (SSSR count). The lowest BCUT2D eigenvalue weighted by Gasteiger charge is -2.22. The van der Waals surface area contributed by atoms with Crippen molar-refractivity contribution in [2.45, 2.75) is 36.5 Å². The van der Waals surface area contributed by atoms with E-state index in [1.807, 2.05) is 13.0 Å². The van der Waals surface area contributed by atoms with Gasteiger partial charge < -0.3 is 10.5 Å². The first-order chi connectivity index (χ1) is 9.57. The van der Waals surface area contributed by atoms with Crippen LogP contribution >= 0.6 is 11.3 Å². The molecule has 1 aromatic rings. The molecule has 2 heterocycles. The van der Waals surface area contributed by atoms with E-state index in [1.165, 1.54) is 15.6 Å². The fourth-order valence-electron chi connectivity index (χ4n) is 2.31. The Balaban J connectivity index is 2.12. The molecule has 0 bridgehead atoms. The number of ether oxygens (including phenoxy) is 1. The van der Waals surface area contributed by atoms with E-state index < -0.39 is 10.0 Å². The smallest absolute Gasteiger partial charge is 0.252 e. The molecule has 1 atom stereocenters. The van der Waals surface area contributed by atoms with Crippen LogP contribution in [0.15, 0.2) is 16.3 Å². The van der Waals surface area contributed by atoms with Crippen LogP contribution in [0.3, 0.4) is 0 Å². The lowest BCUT2D eigenvalue weighted by atomic mass is 10.2. The zero-order valence-corrected chi connectivity index (χ0v) is 13.4. The molecule has 20 heavy (non-hydrogen) atoms. The number of hydrogen-bond acceptors (Lipinski definition) is 5. The summed E-state index contributed by atoms with van der Waals surface area (Å²) in [6.45, 7) is 4.05. The lowest BCUT2D eigenvalue weighted by Crippen LogP contribution is -2.36. The van der Waals surface area contributed by atoms with E-state index in [4.69, 9.17) is 10.5 Å². The number of hydrogen-bond donors (Lipinski definition) is 1. The first kappa shape index (κ1) is 15.9. The zero-order valence-electron chi connectivity index (χ0n) is 11.7. The first-order valence-corrected chi connectivity index (χ1v) is 9.24. The summed E-state index contributed by atoms with van der Waals surface area (Å²) in [4.78, 5) is 1.01. The Kier molecular flexibility index (Phi) is 5.57. The van der Waals surface area contributed by atoms with Gasteiger partial charge in [0.2, 0.25) is 0 Å². The van der Waals surface area contributed by atoms with E-state index in [0.29, 0.717) is 23.8 Å². The van der Waals surface area contributed by atoms with Gasteiger partial charge in [-0.05, 0) is 37.9 Å². The third kappa shape index (κ3) is 3.59. The van der Waals surface area contributed by atoms with Crippen LogP contribution in [0, 0.1) is 0 Å². The molecule has 1 saturated heterocycles. The fourth-order valence-corrected chi connectivity index (χ4v) is 5.32. The maximum atomic E-state index is 12.6. The van der Waals surface area contributed by atoms with Crippen LogP contribution in [0.1, 0.15) is 24.6 Å². The van der Waals surface area contributed by atoms with Crippen molar-refractivity contribution in [2.24, 2.45) is 5.73 Å². The predicted octanol–water partition coefficient (Wildman–Crippen LogP) is 1.44. The first-order valence-electron chi connectivity index (χ1n) is 6.98. The minimum absolute atomic E-state index is 0.0354. The van der Waals surface area contributed by atoms with Gasteiger partial charge in [-0.25, -0.2) is 8.42 Å². The minimum Gasteiger partial charge on any atom is -0.377 e. The van der Waals surface area contributed by atoms with Gasteiger partial charge in [-0.15, -0.1) is 11.3 Å². The van der Waals surface area contributed by atoms with Crippen LogP contribution in [0.5, 0.6) is 0 Å². The van der Waals surface area contributed by atoms with Crippen LogP contribution in [0.4, 0.5) is 0 Å². The highest BCUT2D eigenvalue weighted by Gasteiger charge is 2.28. The standard InChI is InChI=1S/C13H22N2O3S2/c1-2-15(10-11-4-3-9-18-11)20(16,17)13-6-5-12(19-13)7-8-14/h5-6,11H,2-4,7-10,14H2,1H3. The van der Waals surface area contributed by atoms with Gasteiger partial charge in [-0.2, -0.15) is 4.31 Å². The molecule has 1 aliphatic heterocycles. The summed E-state index contributed by atoms with van der Waals surface area (Å²) in [6, 6.07) is 3.54. The van der Waals surface area contributed by atoms with Crippen molar-refractivity contribution in [2.75, 3.05) is 26.2 Å². The molecule has 114 valence electrons. The second-order valence-electron chi connectivity index (χ2n) is 4.85. The topological polar surface area (TPSA) is 72.6 Å². The Morgan fingerprint density at radius 2 is 2.30 bits per heavy atom. The average Bonchev–Trinajstić information content (AvgIpc) is 3.07. The summed E-state index contributed by atoms with van der Waals surface area (Å²) < 4.78 is 32.7. The van der Waals surface area contributed by atoms with Gasteiger partial charge in [0.05, 0.1) is 6.10 Å². The molecule has 0 saturated carbocycles. The lowest BCUT2D eigenvalue weighted by molar-refractivity contribution is 0.0947. The Labute approximate surface area is 124 Å². The monoisotopic (exact) mass is 318 g/mol. The van der Waals surface area contributed by atoms with Crippen LogP contribution < -0.4 is 5.73 Å². The van der Waals surface area contributed by atoms with E-state index in [1.54, 1.807) is 6.07 Å². The molecular weight excluding hydrogens is 296 g/mol. The molecular formula is C13H22N2O3S2. The Morgan fingerprint density at radius 3 is 2.90 bits per heavy atom. The van der Waals surface area contributed by atoms with Gasteiger partial charge in [0, 0.05) is 24.6 Å². The van der Waals surface area contributed by atoms with Crippen molar-refractivity contribution in [1.29, 1.82) is 0 Å². The van der Waals surface area contributed by atoms with Gasteiger partial charge in [0.15, 0.2) is 0 Å². The summed E-state index contributed by atoms with van der Waals surface area (Å²) in [5.74, 6) is 0. The van der Waals surface area contributed by atoms with Gasteiger partial charge in [-0.1, -0.05) is 6.92 Å². The average molecular weight is 318 g/mol. The summed E-state index contributed by atoms with van der Waals surface area (Å²) in [7, 11) is -3.41. The number of nitrogens with zero attached hydrogens (tertiary/aromatic N) is 1. The second-order valence-corrected chi connectivity index (χ2v) is 8.18. The molecule has 0 aliphatic carbocycles. The normalized spacial score (nSPS) is 19.9. The van der Waals surface area contributed by atoms with Crippen molar-refractivity contribution in [1.82, 2.24) is 4.31 Å². The van der Waals surface area contributed by atoms with Crippen molar-refractivity contribution < 1.29 is 13.2 Å². The highest BCUT2D eigenvalue weighted by molar-refractivity contribution is 7.91. The van der Waals surface area contributed by atoms with Crippen molar-refractivity contribution >= 4 is 21.4 Å². The molecule has 0 spiro atoms. The minimum atomic E-state index is -3.41. The number of likely N-dealkylation sites (N-methyl/N-ethyl adjacent to an activating group) is 1. The van der Waals surface area contributed by atoms with Crippen LogP contribution in [-0.4, -0.2) is 45.1 Å². The molecule has 5 nitrogen and oxygen atoms in total. The van der Waals surface area contributed by atoms with Crippen molar-refractivity contribution in [3.63, 3.8) is 0 Å². The highest BCUT2D eigenvalue weighted by Crippen LogP contribution is 2.26. The summed E-state index contributed by atoms with van der Waals surface area (Å²) in [6.07, 6.45) is 2.71. The number of rotatable bonds is 7. The third-order valence-electron chi connectivity index (χ3n) is 3.41. The van der Waals surface area contributed by atoms with E-state index in [-0.39, 0.29) is 6.10 Å². The number of nitrogens with two attached hydrogens (primary N) is 1. The summed E-state index contributed by atoms with van der Waals surface area (Å²) in [5, 5.41) is 0. The molecule has 2 N–H and O–H groups in total. The maximum Gasteiger partial charge on any atom is 0.252 e. The quantitative estimate of drug-likeness (QED) is 0.825. The van der Waals surface area contributed by atoms with E-state index in [2.05, 4.69) is 0 Å². The molecule has 7 heteroatoms. The van der Waals surface area contributed by atoms with Gasteiger partial charge >= 0.3 is 0 Å². The number of sulfonamides is 1. The van der Waals surface area contributed by atoms with Crippen molar-refractivity contribution in [3.05, 3.63) is 17.0 Å². The second kappa shape index (κ2) is 7.00. The van der Waals surface area contributed by atoms with E-state index in [9.17, 15) is 8.42 Å². The summed E-state index contributed by atoms with van der Waals surface area (Å²) in [5.41, 5.74) is 5.50. The fraction of sp³-hybridized carbons (Fsp3) is 0.692.